The second-order valence-electron chi connectivity index (χ2n) is 20.5. The summed E-state index contributed by atoms with van der Waals surface area (Å²) in [5, 5.41) is 99.4. The van der Waals surface area contributed by atoms with Gasteiger partial charge in [-0.1, -0.05) is 97.0 Å². The Morgan fingerprint density at radius 3 is 1.97 bits per heavy atom. The fraction of sp³-hybridized carbons (Fsp3) is 0.720. The predicted molar refractivity (Wildman–Crippen MR) is 274 cm³/mol. The summed E-state index contributed by atoms with van der Waals surface area (Å²) in [7, 11) is 0. The summed E-state index contributed by atoms with van der Waals surface area (Å²) < 4.78 is 27.2. The lowest BCUT2D eigenvalue weighted by Gasteiger charge is -2.33. The van der Waals surface area contributed by atoms with E-state index in [0.717, 1.165) is 49.1 Å². The van der Waals surface area contributed by atoms with Gasteiger partial charge in [-0.15, -0.1) is 0 Å². The number of carbonyl (C=O) groups excluding carboxylic acids is 8. The second-order valence-corrected chi connectivity index (χ2v) is 21.1. The number of nitrogens with zero attached hydrogens (tertiary/aromatic N) is 2. The lowest BCUT2D eigenvalue weighted by atomic mass is 9.98. The van der Waals surface area contributed by atoms with Crippen LogP contribution in [0.4, 0.5) is 0 Å². The van der Waals surface area contributed by atoms with Crippen LogP contribution in [0, 0.1) is 5.92 Å². The molecule has 3 aliphatic rings. The first-order chi connectivity index (χ1) is 37.0. The zero-order valence-corrected chi connectivity index (χ0v) is 44.9. The van der Waals surface area contributed by atoms with Crippen molar-refractivity contribution in [2.75, 3.05) is 19.7 Å². The molecule has 0 saturated carbocycles. The third-order valence-corrected chi connectivity index (χ3v) is 14.5. The van der Waals surface area contributed by atoms with Crippen LogP contribution in [0.1, 0.15) is 129 Å². The van der Waals surface area contributed by atoms with Gasteiger partial charge in [-0.25, -0.2) is 4.21 Å². The van der Waals surface area contributed by atoms with Crippen molar-refractivity contribution in [3.05, 3.63) is 23.8 Å². The van der Waals surface area contributed by atoms with Crippen molar-refractivity contribution >= 4 is 58.6 Å². The first kappa shape index (κ1) is 64.9. The zero-order valence-electron chi connectivity index (χ0n) is 44.0. The highest BCUT2D eigenvalue weighted by atomic mass is 32.2. The van der Waals surface area contributed by atoms with Gasteiger partial charge in [0.25, 0.3) is 0 Å². The summed E-state index contributed by atoms with van der Waals surface area (Å²) in [6.45, 7) is 1.38. The minimum atomic E-state index is -3.19. The molecule has 27 nitrogen and oxygen atoms in total. The van der Waals surface area contributed by atoms with Gasteiger partial charge in [-0.2, -0.15) is 0 Å². The van der Waals surface area contributed by atoms with Gasteiger partial charge in [0, 0.05) is 44.7 Å². The number of phenolic OH excluding ortho intramolecular Hbond substituents is 1. The number of aromatic hydroxyl groups is 1. The number of hydrogen-bond acceptors (Lipinski definition) is 19. The Bertz CT molecular complexity index is 2230. The summed E-state index contributed by atoms with van der Waals surface area (Å²) in [4.78, 5) is 112. The highest BCUT2D eigenvalue weighted by molar-refractivity contribution is 7.74. The quantitative estimate of drug-likeness (QED) is 0.0353. The molecule has 1 aromatic carbocycles. The van der Waals surface area contributed by atoms with Crippen molar-refractivity contribution in [2.45, 2.75) is 202 Å². The van der Waals surface area contributed by atoms with Gasteiger partial charge in [0.15, 0.2) is 17.7 Å². The van der Waals surface area contributed by atoms with Gasteiger partial charge in [-0.3, -0.25) is 38.4 Å². The van der Waals surface area contributed by atoms with Gasteiger partial charge in [0.05, 0.1) is 37.4 Å². The molecule has 0 bridgehead atoms. The Hall–Kier alpha value is -5.59. The van der Waals surface area contributed by atoms with Gasteiger partial charge in [0.1, 0.15) is 53.7 Å². The number of carbonyl (C=O) groups is 8. The lowest BCUT2D eigenvalue weighted by Crippen LogP contribution is -2.64. The van der Waals surface area contributed by atoms with Crippen LogP contribution in [-0.4, -0.2) is 199 Å². The normalized spacial score (nSPS) is 28.0. The summed E-state index contributed by atoms with van der Waals surface area (Å²) in [5.74, 6) is -11.8. The van der Waals surface area contributed by atoms with Crippen molar-refractivity contribution in [1.29, 1.82) is 0 Å². The summed E-state index contributed by atoms with van der Waals surface area (Å²) in [6, 6.07) is -8.77. The number of rotatable bonds is 24. The molecule has 3 saturated heterocycles. The number of phenols is 1. The highest BCUT2D eigenvalue weighted by Gasteiger charge is 2.50. The third kappa shape index (κ3) is 19.3. The zero-order chi connectivity index (χ0) is 57.8. The summed E-state index contributed by atoms with van der Waals surface area (Å²) in [5.41, 5.74) is 5.32. The van der Waals surface area contributed by atoms with Crippen LogP contribution in [0.3, 0.4) is 0 Å². The van der Waals surface area contributed by atoms with Crippen LogP contribution in [0.15, 0.2) is 18.2 Å². The number of hydrogen-bond donors (Lipinski definition) is 14. The number of nitrogens with one attached hydrogen (secondary N) is 5. The van der Waals surface area contributed by atoms with Crippen LogP contribution in [0.2, 0.25) is 0 Å². The monoisotopic (exact) mass is 1130 g/mol. The molecular formula is C50H79N8O19S-. The van der Waals surface area contributed by atoms with E-state index in [1.807, 2.05) is 0 Å². The van der Waals surface area contributed by atoms with Crippen molar-refractivity contribution in [2.24, 2.45) is 11.7 Å². The Labute approximate surface area is 454 Å². The number of primary amides is 1. The second kappa shape index (κ2) is 31.9. The molecule has 78 heavy (non-hydrogen) atoms. The van der Waals surface area contributed by atoms with Crippen molar-refractivity contribution in [1.82, 2.24) is 36.4 Å². The molecule has 28 heteroatoms. The Kier molecular flexibility index (Phi) is 26.5. The highest BCUT2D eigenvalue weighted by Crippen LogP contribution is 2.29. The standard InChI is InChI=1S/C50H80N8O19S/c1-3-4-5-6-7-8-9-10-11-12-13-14-15-16-39(66)52-30-22-36(64)46(70)56-48(72)42-43(67)27(2)24-58(42)50(74)41(35(63)23-38(51)65)55-47(71)40(34(62)19-28-17-18-33(61)37(20-28)77-78(75)76)54-45(69)32-21-29(60)25-57(32)49(73)31(26-59)53-44(30)68/h17-18,20,27,29-32,34-36,40-43,46,59-64,67,70H,3-16,19,21-26H2,1-2H3,(H2,51,65)(H,52,66)(H,53,68)(H,54,69)(H,55,71)(H,56,72)(H,75,76)/p-1. The molecule has 4 rings (SSSR count). The maximum absolute atomic E-state index is 14.5. The average Bonchev–Trinajstić information content (AvgIpc) is 3.94. The minimum absolute atomic E-state index is 0.0311. The maximum Gasteiger partial charge on any atom is 0.248 e. The first-order valence-corrected chi connectivity index (χ1v) is 27.7. The van der Waals surface area contributed by atoms with Gasteiger partial charge >= 0.3 is 0 Å². The molecule has 0 aromatic heterocycles. The minimum Gasteiger partial charge on any atom is -0.740 e. The van der Waals surface area contributed by atoms with E-state index in [1.54, 1.807) is 0 Å². The number of amides is 8. The van der Waals surface area contributed by atoms with E-state index >= 15 is 0 Å². The van der Waals surface area contributed by atoms with E-state index in [0.29, 0.717) is 17.7 Å². The van der Waals surface area contributed by atoms with Crippen LogP contribution >= 0.6 is 0 Å². The lowest BCUT2D eigenvalue weighted by molar-refractivity contribution is -0.148. The van der Waals surface area contributed by atoms with Crippen molar-refractivity contribution in [3.63, 3.8) is 0 Å². The molecule has 15 N–H and O–H groups in total. The van der Waals surface area contributed by atoms with Gasteiger partial charge in [0.2, 0.25) is 47.3 Å². The number of benzene rings is 1. The summed E-state index contributed by atoms with van der Waals surface area (Å²) >= 11 is -3.19. The molecule has 14 atom stereocenters. The van der Waals surface area contributed by atoms with E-state index < -0.39 is 194 Å². The van der Waals surface area contributed by atoms with Gasteiger partial charge < -0.3 is 91.7 Å². The number of fused-ring (bicyclic) bond motifs is 2. The first-order valence-electron chi connectivity index (χ1n) is 26.7. The molecule has 3 heterocycles. The molecule has 0 spiro atoms. The number of aliphatic hydroxyl groups is 7. The van der Waals surface area contributed by atoms with Crippen molar-refractivity contribution < 1.29 is 92.2 Å². The maximum atomic E-state index is 14.5. The fourth-order valence-corrected chi connectivity index (χ4v) is 10.1. The van der Waals surface area contributed by atoms with Crippen LogP contribution in [-0.2, 0) is 56.1 Å². The third-order valence-electron chi connectivity index (χ3n) is 14.2. The number of nitrogens with two attached hydrogens (primary N) is 1. The van der Waals surface area contributed by atoms with Crippen LogP contribution in [0.5, 0.6) is 11.5 Å². The predicted octanol–water partition coefficient (Wildman–Crippen LogP) is -3.51. The Morgan fingerprint density at radius 1 is 0.782 bits per heavy atom. The largest absolute Gasteiger partial charge is 0.740 e. The Balaban J connectivity index is 1.68. The molecule has 440 valence electrons. The number of aliphatic hydroxyl groups excluding tert-OH is 7. The molecule has 8 amide bonds. The average molecular weight is 1130 g/mol. The molecular weight excluding hydrogens is 1050 g/mol. The van der Waals surface area contributed by atoms with Gasteiger partial charge in [-0.05, 0) is 24.1 Å². The molecule has 3 fully saturated rings. The van der Waals surface area contributed by atoms with E-state index in [4.69, 9.17) is 5.73 Å². The topological polar surface area (TPSA) is 440 Å². The van der Waals surface area contributed by atoms with Crippen molar-refractivity contribution in [3.8, 4) is 11.5 Å². The molecule has 0 radical (unpaired) electrons. The molecule has 1 aromatic rings. The SMILES string of the molecule is CCCCCCCCCCCCCCCC(=O)NC1CC(O)C(O)NC(=O)C2C(O)C(C)CN2C(=O)C(C(O)CC(N)=O)NC(=O)C(C(O)Cc2ccc(O)c(OS(=O)[O-])c2)NC(=O)C2CC(O)CN2C(=O)C(CO)NC1=O. The van der Waals surface area contributed by atoms with Crippen LogP contribution < -0.4 is 36.5 Å². The van der Waals surface area contributed by atoms with E-state index in [1.165, 1.54) is 51.5 Å². The van der Waals surface area contributed by atoms with E-state index in [-0.39, 0.29) is 12.0 Å². The molecule has 14 unspecified atom stereocenters. The summed E-state index contributed by atoms with van der Waals surface area (Å²) in [6.07, 6.45) is -1.52. The molecule has 3 aliphatic heterocycles. The molecule has 0 aliphatic carbocycles. The van der Waals surface area contributed by atoms with E-state index in [2.05, 4.69) is 37.7 Å². The fourth-order valence-electron chi connectivity index (χ4n) is 9.85. The van der Waals surface area contributed by atoms with E-state index in [9.17, 15) is 88.0 Å². The Morgan fingerprint density at radius 2 is 1.38 bits per heavy atom. The smallest absolute Gasteiger partial charge is 0.248 e. The number of unbranched alkanes of at least 4 members (excludes halogenated alkanes) is 12. The van der Waals surface area contributed by atoms with Crippen LogP contribution in [0.25, 0.3) is 0 Å².